The first-order chi connectivity index (χ1) is 13.1. The molecule has 138 valence electrons. The molecular weight excluding hydrogens is 366 g/mol. The van der Waals surface area contributed by atoms with Gasteiger partial charge in [-0.05, 0) is 46.7 Å². The average molecular weight is 383 g/mol. The van der Waals surface area contributed by atoms with E-state index in [0.29, 0.717) is 12.3 Å². The number of ether oxygens (including phenoxy) is 2. The lowest BCUT2D eigenvalue weighted by Gasteiger charge is -2.16. The second kappa shape index (κ2) is 8.91. The fraction of sp³-hybridized carbons (Fsp3) is 0.158. The van der Waals surface area contributed by atoms with Crippen molar-refractivity contribution in [3.63, 3.8) is 0 Å². The molecule has 0 aliphatic carbocycles. The van der Waals surface area contributed by atoms with Crippen molar-refractivity contribution in [2.45, 2.75) is 6.54 Å². The summed E-state index contributed by atoms with van der Waals surface area (Å²) in [4.78, 5) is 34.1. The smallest absolute Gasteiger partial charge is 0.344 e. The van der Waals surface area contributed by atoms with E-state index in [1.165, 1.54) is 23.4 Å². The van der Waals surface area contributed by atoms with Gasteiger partial charge < -0.3 is 14.4 Å². The van der Waals surface area contributed by atoms with Gasteiger partial charge in [0.1, 0.15) is 11.3 Å². The summed E-state index contributed by atoms with van der Waals surface area (Å²) in [6, 6.07) is 8.47. The summed E-state index contributed by atoms with van der Waals surface area (Å²) in [7, 11) is 1.66. The van der Waals surface area contributed by atoms with Gasteiger partial charge in [-0.3, -0.25) is 9.78 Å². The molecule has 3 rings (SSSR count). The Morgan fingerprint density at radius 1 is 1.19 bits per heavy atom. The standard InChI is InChI=1S/C19H17N3O4S/c1-22(11-14-6-9-27-13-14)17(23)12-25-19(24)16-5-3-8-21-18(16)26-15-4-2-7-20-10-15/h2-10,13H,11-12H2,1H3. The summed E-state index contributed by atoms with van der Waals surface area (Å²) in [6.07, 6.45) is 4.62. The van der Waals surface area contributed by atoms with E-state index in [9.17, 15) is 9.59 Å². The van der Waals surface area contributed by atoms with E-state index >= 15 is 0 Å². The van der Waals surface area contributed by atoms with Crippen molar-refractivity contribution >= 4 is 23.2 Å². The van der Waals surface area contributed by atoms with Gasteiger partial charge >= 0.3 is 5.97 Å². The number of hydrogen-bond donors (Lipinski definition) is 0. The Labute approximate surface area is 160 Å². The number of carbonyl (C=O) groups excluding carboxylic acids is 2. The van der Waals surface area contributed by atoms with Crippen LogP contribution in [0.5, 0.6) is 11.6 Å². The number of aromatic nitrogens is 2. The zero-order chi connectivity index (χ0) is 19.1. The molecule has 0 radical (unpaired) electrons. The van der Waals surface area contributed by atoms with E-state index < -0.39 is 5.97 Å². The van der Waals surface area contributed by atoms with Crippen LogP contribution in [0, 0.1) is 0 Å². The molecule has 8 heteroatoms. The van der Waals surface area contributed by atoms with Crippen LogP contribution in [-0.4, -0.2) is 40.4 Å². The van der Waals surface area contributed by atoms with Gasteiger partial charge in [-0.25, -0.2) is 9.78 Å². The minimum atomic E-state index is -0.681. The van der Waals surface area contributed by atoms with Crippen LogP contribution in [0.2, 0.25) is 0 Å². The van der Waals surface area contributed by atoms with Gasteiger partial charge in [0.15, 0.2) is 6.61 Å². The second-order valence-electron chi connectivity index (χ2n) is 5.60. The fourth-order valence-corrected chi connectivity index (χ4v) is 2.87. The summed E-state index contributed by atoms with van der Waals surface area (Å²) in [5.74, 6) is -0.446. The lowest BCUT2D eigenvalue weighted by molar-refractivity contribution is -0.133. The molecule has 3 aromatic heterocycles. The van der Waals surface area contributed by atoms with E-state index in [1.54, 1.807) is 42.8 Å². The molecule has 0 atom stereocenters. The van der Waals surface area contributed by atoms with Gasteiger partial charge in [-0.15, -0.1) is 0 Å². The highest BCUT2D eigenvalue weighted by Crippen LogP contribution is 2.22. The van der Waals surface area contributed by atoms with Crippen LogP contribution in [0.25, 0.3) is 0 Å². The SMILES string of the molecule is CN(Cc1ccsc1)C(=O)COC(=O)c1cccnc1Oc1cccnc1. The molecule has 3 aromatic rings. The summed E-state index contributed by atoms with van der Waals surface area (Å²) in [5.41, 5.74) is 1.16. The van der Waals surface area contributed by atoms with Gasteiger partial charge in [0.25, 0.3) is 5.91 Å². The van der Waals surface area contributed by atoms with Crippen molar-refractivity contribution in [3.05, 3.63) is 70.8 Å². The number of rotatable bonds is 7. The molecule has 0 saturated carbocycles. The number of pyridine rings is 2. The largest absolute Gasteiger partial charge is 0.452 e. The van der Waals surface area contributed by atoms with E-state index in [2.05, 4.69) is 9.97 Å². The molecule has 27 heavy (non-hydrogen) atoms. The Kier molecular flexibility index (Phi) is 6.11. The van der Waals surface area contributed by atoms with Crippen LogP contribution in [0.15, 0.2) is 59.7 Å². The average Bonchev–Trinajstić information content (AvgIpc) is 3.20. The number of carbonyl (C=O) groups is 2. The Hall–Kier alpha value is -3.26. The number of amides is 1. The zero-order valence-electron chi connectivity index (χ0n) is 14.6. The predicted octanol–water partition coefficient (Wildman–Crippen LogP) is 3.15. The summed E-state index contributed by atoms with van der Waals surface area (Å²) in [5, 5.41) is 3.91. The van der Waals surface area contributed by atoms with Crippen molar-refractivity contribution < 1.29 is 19.1 Å². The van der Waals surface area contributed by atoms with Gasteiger partial charge in [-0.2, -0.15) is 11.3 Å². The van der Waals surface area contributed by atoms with Gasteiger partial charge in [0.05, 0.1) is 6.20 Å². The Morgan fingerprint density at radius 2 is 2.04 bits per heavy atom. The fourth-order valence-electron chi connectivity index (χ4n) is 2.21. The lowest BCUT2D eigenvalue weighted by Crippen LogP contribution is -2.30. The Bertz CT molecular complexity index is 900. The Morgan fingerprint density at radius 3 is 2.78 bits per heavy atom. The number of thiophene rings is 1. The van der Waals surface area contributed by atoms with E-state index in [4.69, 9.17) is 9.47 Å². The van der Waals surface area contributed by atoms with E-state index in [1.807, 2.05) is 16.8 Å². The Balaban J connectivity index is 1.60. The topological polar surface area (TPSA) is 81.6 Å². The van der Waals surface area contributed by atoms with E-state index in [0.717, 1.165) is 5.56 Å². The molecule has 0 fully saturated rings. The minimum Gasteiger partial charge on any atom is -0.452 e. The highest BCUT2D eigenvalue weighted by atomic mass is 32.1. The maximum atomic E-state index is 12.4. The molecule has 0 saturated heterocycles. The quantitative estimate of drug-likeness (QED) is 0.583. The van der Waals surface area contributed by atoms with Gasteiger partial charge in [0.2, 0.25) is 5.88 Å². The van der Waals surface area contributed by atoms with Crippen LogP contribution in [0.4, 0.5) is 0 Å². The third kappa shape index (κ3) is 5.11. The van der Waals surface area contributed by atoms with Crippen LogP contribution >= 0.6 is 11.3 Å². The first kappa shape index (κ1) is 18.5. The number of hydrogen-bond acceptors (Lipinski definition) is 7. The van der Waals surface area contributed by atoms with Crippen molar-refractivity contribution in [3.8, 4) is 11.6 Å². The minimum absolute atomic E-state index is 0.0922. The highest BCUT2D eigenvalue weighted by molar-refractivity contribution is 7.07. The van der Waals surface area contributed by atoms with Gasteiger partial charge in [0, 0.05) is 26.0 Å². The predicted molar refractivity (Wildman–Crippen MR) is 99.6 cm³/mol. The molecule has 0 unspecified atom stereocenters. The van der Waals surface area contributed by atoms with Crippen LogP contribution < -0.4 is 4.74 Å². The molecular formula is C19H17N3O4S. The monoisotopic (exact) mass is 383 g/mol. The third-order valence-corrected chi connectivity index (χ3v) is 4.32. The van der Waals surface area contributed by atoms with Crippen molar-refractivity contribution in [1.29, 1.82) is 0 Å². The molecule has 0 aliphatic heterocycles. The molecule has 0 aliphatic rings. The number of esters is 1. The first-order valence-corrected chi connectivity index (χ1v) is 9.03. The van der Waals surface area contributed by atoms with Crippen LogP contribution in [0.1, 0.15) is 15.9 Å². The molecule has 0 bridgehead atoms. The normalized spacial score (nSPS) is 10.3. The number of likely N-dealkylation sites (N-methyl/N-ethyl adjacent to an activating group) is 1. The molecule has 0 spiro atoms. The molecule has 3 heterocycles. The van der Waals surface area contributed by atoms with Crippen molar-refractivity contribution in [2.24, 2.45) is 0 Å². The third-order valence-electron chi connectivity index (χ3n) is 3.59. The first-order valence-electron chi connectivity index (χ1n) is 8.08. The highest BCUT2D eigenvalue weighted by Gasteiger charge is 2.18. The second-order valence-corrected chi connectivity index (χ2v) is 6.38. The molecule has 7 nitrogen and oxygen atoms in total. The summed E-state index contributed by atoms with van der Waals surface area (Å²) in [6.45, 7) is 0.100. The molecule has 0 aromatic carbocycles. The lowest BCUT2D eigenvalue weighted by atomic mass is 10.3. The molecule has 1 amide bonds. The van der Waals surface area contributed by atoms with Crippen LogP contribution in [-0.2, 0) is 16.1 Å². The van der Waals surface area contributed by atoms with Crippen molar-refractivity contribution in [2.75, 3.05) is 13.7 Å². The maximum Gasteiger partial charge on any atom is 0.344 e. The van der Waals surface area contributed by atoms with E-state index in [-0.39, 0.29) is 24.0 Å². The zero-order valence-corrected chi connectivity index (χ0v) is 15.4. The summed E-state index contributed by atoms with van der Waals surface area (Å²) >= 11 is 1.56. The number of nitrogens with zero attached hydrogens (tertiary/aromatic N) is 3. The maximum absolute atomic E-state index is 12.4. The van der Waals surface area contributed by atoms with Crippen molar-refractivity contribution in [1.82, 2.24) is 14.9 Å². The summed E-state index contributed by atoms with van der Waals surface area (Å²) < 4.78 is 10.7. The molecule has 0 N–H and O–H groups in total. The van der Waals surface area contributed by atoms with Gasteiger partial charge in [-0.1, -0.05) is 0 Å². The van der Waals surface area contributed by atoms with Crippen LogP contribution in [0.3, 0.4) is 0 Å².